The van der Waals surface area contributed by atoms with Crippen molar-refractivity contribution in [3.8, 4) is 0 Å². The lowest BCUT2D eigenvalue weighted by Crippen LogP contribution is -2.32. The SMILES string of the molecule is CCc1nocc1C(=O)ON1C(=O)c2ccccc2C1=O. The largest absolute Gasteiger partial charge is 0.369 e. The summed E-state index contributed by atoms with van der Waals surface area (Å²) in [5.74, 6) is -2.19. The van der Waals surface area contributed by atoms with E-state index < -0.39 is 17.8 Å². The molecule has 0 aliphatic carbocycles. The minimum Gasteiger partial charge on any atom is -0.364 e. The van der Waals surface area contributed by atoms with E-state index in [4.69, 9.17) is 9.36 Å². The number of carbonyl (C=O) groups is 3. The Balaban J connectivity index is 1.86. The molecule has 106 valence electrons. The summed E-state index contributed by atoms with van der Waals surface area (Å²) in [6, 6.07) is 6.26. The van der Waals surface area contributed by atoms with Gasteiger partial charge in [-0.3, -0.25) is 9.59 Å². The third kappa shape index (κ3) is 1.99. The van der Waals surface area contributed by atoms with E-state index >= 15 is 0 Å². The molecule has 0 N–H and O–H groups in total. The monoisotopic (exact) mass is 286 g/mol. The first kappa shape index (κ1) is 13.0. The van der Waals surface area contributed by atoms with Crippen molar-refractivity contribution in [2.45, 2.75) is 13.3 Å². The first-order valence-corrected chi connectivity index (χ1v) is 6.26. The van der Waals surface area contributed by atoms with Gasteiger partial charge in [0.05, 0.1) is 16.8 Å². The van der Waals surface area contributed by atoms with Crippen molar-refractivity contribution in [2.24, 2.45) is 0 Å². The molecular weight excluding hydrogens is 276 g/mol. The maximum absolute atomic E-state index is 12.1. The Morgan fingerprint density at radius 1 is 1.24 bits per heavy atom. The summed E-state index contributed by atoms with van der Waals surface area (Å²) in [6.45, 7) is 1.79. The molecule has 0 spiro atoms. The number of amides is 2. The first-order chi connectivity index (χ1) is 10.1. The normalized spacial score (nSPS) is 13.5. The third-order valence-corrected chi connectivity index (χ3v) is 3.13. The molecule has 0 radical (unpaired) electrons. The highest BCUT2D eigenvalue weighted by Crippen LogP contribution is 2.23. The number of fused-ring (bicyclic) bond motifs is 1. The maximum atomic E-state index is 12.1. The Morgan fingerprint density at radius 3 is 2.43 bits per heavy atom. The first-order valence-electron chi connectivity index (χ1n) is 6.26. The molecular formula is C14H10N2O5. The Labute approximate surface area is 119 Å². The van der Waals surface area contributed by atoms with Gasteiger partial charge in [0, 0.05) is 0 Å². The van der Waals surface area contributed by atoms with E-state index in [9.17, 15) is 14.4 Å². The van der Waals surface area contributed by atoms with Crippen molar-refractivity contribution < 1.29 is 23.7 Å². The molecule has 3 rings (SSSR count). The molecule has 2 amide bonds. The molecule has 7 nitrogen and oxygen atoms in total. The number of aromatic nitrogens is 1. The molecule has 0 atom stereocenters. The number of carbonyl (C=O) groups excluding carboxylic acids is 3. The van der Waals surface area contributed by atoms with Crippen molar-refractivity contribution in [1.29, 1.82) is 0 Å². The van der Waals surface area contributed by atoms with Gasteiger partial charge in [0.25, 0.3) is 11.8 Å². The van der Waals surface area contributed by atoms with Crippen molar-refractivity contribution >= 4 is 17.8 Å². The fourth-order valence-corrected chi connectivity index (χ4v) is 2.06. The van der Waals surface area contributed by atoms with Crippen LogP contribution in [0.3, 0.4) is 0 Å². The number of benzene rings is 1. The fourth-order valence-electron chi connectivity index (χ4n) is 2.06. The maximum Gasteiger partial charge on any atom is 0.369 e. The minimum atomic E-state index is -0.859. The number of rotatable bonds is 3. The van der Waals surface area contributed by atoms with Gasteiger partial charge in [-0.05, 0) is 18.6 Å². The lowest BCUT2D eigenvalue weighted by Gasteiger charge is -2.11. The molecule has 1 aliphatic heterocycles. The number of nitrogens with zero attached hydrogens (tertiary/aromatic N) is 2. The van der Waals surface area contributed by atoms with Gasteiger partial charge in [-0.2, -0.15) is 0 Å². The van der Waals surface area contributed by atoms with Crippen LogP contribution in [-0.4, -0.2) is 28.0 Å². The summed E-state index contributed by atoms with van der Waals surface area (Å²) in [4.78, 5) is 41.0. The zero-order valence-electron chi connectivity index (χ0n) is 11.0. The summed E-state index contributed by atoms with van der Waals surface area (Å²) in [5, 5.41) is 4.10. The number of aryl methyl sites for hydroxylation is 1. The van der Waals surface area contributed by atoms with Crippen LogP contribution in [0.2, 0.25) is 0 Å². The molecule has 0 unspecified atom stereocenters. The summed E-state index contributed by atoms with van der Waals surface area (Å²) in [7, 11) is 0. The van der Waals surface area contributed by atoms with Crippen LogP contribution in [0.4, 0.5) is 0 Å². The molecule has 2 aromatic rings. The Kier molecular flexibility index (Phi) is 3.02. The van der Waals surface area contributed by atoms with Crippen molar-refractivity contribution in [2.75, 3.05) is 0 Å². The number of imide groups is 1. The van der Waals surface area contributed by atoms with Gasteiger partial charge in [0.1, 0.15) is 11.8 Å². The molecule has 0 saturated heterocycles. The Bertz CT molecular complexity index is 714. The van der Waals surface area contributed by atoms with Gasteiger partial charge >= 0.3 is 5.97 Å². The molecule has 0 fully saturated rings. The fraction of sp³-hybridized carbons (Fsp3) is 0.143. The average Bonchev–Trinajstić information content (AvgIpc) is 3.07. The van der Waals surface area contributed by atoms with E-state index in [1.54, 1.807) is 19.1 Å². The molecule has 2 heterocycles. The molecule has 21 heavy (non-hydrogen) atoms. The number of hydroxylamine groups is 2. The average molecular weight is 286 g/mol. The van der Waals surface area contributed by atoms with E-state index in [1.165, 1.54) is 12.1 Å². The van der Waals surface area contributed by atoms with Crippen LogP contribution in [0.15, 0.2) is 35.1 Å². The van der Waals surface area contributed by atoms with Gasteiger partial charge in [-0.1, -0.05) is 29.3 Å². The Hall–Kier alpha value is -2.96. The zero-order valence-corrected chi connectivity index (χ0v) is 11.0. The lowest BCUT2D eigenvalue weighted by molar-refractivity contribution is -0.0585. The summed E-state index contributed by atoms with van der Waals surface area (Å²) >= 11 is 0. The van der Waals surface area contributed by atoms with Crippen LogP contribution in [-0.2, 0) is 11.3 Å². The highest BCUT2D eigenvalue weighted by atomic mass is 16.7. The Morgan fingerprint density at radius 2 is 1.86 bits per heavy atom. The molecule has 7 heteroatoms. The summed E-state index contributed by atoms with van der Waals surface area (Å²) in [5.41, 5.74) is 0.901. The topological polar surface area (TPSA) is 89.7 Å². The summed E-state index contributed by atoms with van der Waals surface area (Å²) < 4.78 is 4.70. The van der Waals surface area contributed by atoms with Gasteiger partial charge in [0.15, 0.2) is 0 Å². The highest BCUT2D eigenvalue weighted by molar-refractivity contribution is 6.21. The second-order valence-electron chi connectivity index (χ2n) is 4.36. The van der Waals surface area contributed by atoms with Crippen LogP contribution in [0.25, 0.3) is 0 Å². The molecule has 1 aliphatic rings. The van der Waals surface area contributed by atoms with Gasteiger partial charge in [0.2, 0.25) is 0 Å². The second kappa shape index (κ2) is 4.86. The van der Waals surface area contributed by atoms with Crippen LogP contribution in [0, 0.1) is 0 Å². The predicted octanol–water partition coefficient (Wildman–Crippen LogP) is 1.60. The van der Waals surface area contributed by atoms with Crippen LogP contribution >= 0.6 is 0 Å². The van der Waals surface area contributed by atoms with E-state index in [0.29, 0.717) is 17.2 Å². The predicted molar refractivity (Wildman–Crippen MR) is 68.2 cm³/mol. The van der Waals surface area contributed by atoms with E-state index in [-0.39, 0.29) is 16.7 Å². The third-order valence-electron chi connectivity index (χ3n) is 3.13. The minimum absolute atomic E-state index is 0.0917. The van der Waals surface area contributed by atoms with Crippen LogP contribution < -0.4 is 0 Å². The van der Waals surface area contributed by atoms with E-state index in [0.717, 1.165) is 6.26 Å². The van der Waals surface area contributed by atoms with E-state index in [1.807, 2.05) is 0 Å². The molecule has 1 aromatic carbocycles. The molecule has 1 aromatic heterocycles. The smallest absolute Gasteiger partial charge is 0.364 e. The quantitative estimate of drug-likeness (QED) is 0.796. The molecule has 0 saturated carbocycles. The zero-order chi connectivity index (χ0) is 15.0. The number of hydrogen-bond donors (Lipinski definition) is 0. The van der Waals surface area contributed by atoms with Crippen LogP contribution in [0.5, 0.6) is 0 Å². The second-order valence-corrected chi connectivity index (χ2v) is 4.36. The van der Waals surface area contributed by atoms with Crippen molar-refractivity contribution in [3.63, 3.8) is 0 Å². The van der Waals surface area contributed by atoms with Crippen molar-refractivity contribution in [1.82, 2.24) is 10.2 Å². The molecule has 0 bridgehead atoms. The van der Waals surface area contributed by atoms with Crippen LogP contribution in [0.1, 0.15) is 43.7 Å². The number of hydrogen-bond acceptors (Lipinski definition) is 6. The summed E-state index contributed by atoms with van der Waals surface area (Å²) in [6.07, 6.45) is 1.59. The highest BCUT2D eigenvalue weighted by Gasteiger charge is 2.39. The lowest BCUT2D eigenvalue weighted by atomic mass is 10.1. The van der Waals surface area contributed by atoms with Gasteiger partial charge in [-0.15, -0.1) is 0 Å². The van der Waals surface area contributed by atoms with E-state index in [2.05, 4.69) is 5.16 Å². The standard InChI is InChI=1S/C14H10N2O5/c1-2-11-10(7-20-15-11)14(19)21-16-12(17)8-5-3-4-6-9(8)13(16)18/h3-7H,2H2,1H3. The van der Waals surface area contributed by atoms with Gasteiger partial charge in [-0.25, -0.2) is 4.79 Å². The van der Waals surface area contributed by atoms with Crippen molar-refractivity contribution in [3.05, 3.63) is 52.9 Å². The van der Waals surface area contributed by atoms with Gasteiger partial charge < -0.3 is 9.36 Å².